The fraction of sp³-hybridized carbons (Fsp3) is 0.565. The molecule has 1 aromatic heterocycles. The van der Waals surface area contributed by atoms with Crippen molar-refractivity contribution < 1.29 is 38.4 Å². The Kier molecular flexibility index (Phi) is 10.2. The SMILES string of the molecule is COC(=O)C(C)=CCC12OC(C)(C)C3CC(C1=O)C1C4C(=Nc5nccn51)c1c(OCCNCCO)c5c(c(CC=C(C)C)c1OC432)OC(C)(CCC=C(C)C)C=C5. The highest BCUT2D eigenvalue weighted by atomic mass is 16.6. The molecule has 2 N–H and O–H groups in total. The predicted molar refractivity (Wildman–Crippen MR) is 221 cm³/mol. The van der Waals surface area contributed by atoms with Gasteiger partial charge < -0.3 is 38.7 Å². The Bertz CT molecular complexity index is 2190. The number of ether oxygens (including phenoxy) is 5. The molecule has 7 unspecified atom stereocenters. The average Bonchev–Trinajstić information content (AvgIpc) is 3.70. The number of hydrogen-bond donors (Lipinski definition) is 2. The van der Waals surface area contributed by atoms with Gasteiger partial charge in [-0.15, -0.1) is 0 Å². The van der Waals surface area contributed by atoms with E-state index in [1.54, 1.807) is 19.2 Å². The van der Waals surface area contributed by atoms with Gasteiger partial charge >= 0.3 is 5.97 Å². The molecule has 0 amide bonds. The molecule has 0 radical (unpaired) electrons. The summed E-state index contributed by atoms with van der Waals surface area (Å²) in [7, 11) is 1.36. The summed E-state index contributed by atoms with van der Waals surface area (Å²) in [6.07, 6.45) is 16.9. The topological polar surface area (TPSA) is 143 Å². The number of Topliss-reactive ketones (excluding diaryl/α,β-unsaturated/α-hetero) is 1. The van der Waals surface area contributed by atoms with E-state index >= 15 is 4.79 Å². The van der Waals surface area contributed by atoms with Crippen LogP contribution < -0.4 is 19.5 Å². The molecule has 12 heteroatoms. The van der Waals surface area contributed by atoms with E-state index in [0.717, 1.165) is 40.8 Å². The number of hydrogen-bond acceptors (Lipinski definition) is 11. The first-order valence-corrected chi connectivity index (χ1v) is 20.8. The first-order chi connectivity index (χ1) is 27.6. The Morgan fingerprint density at radius 2 is 1.84 bits per heavy atom. The minimum absolute atomic E-state index is 0.0176. The zero-order valence-electron chi connectivity index (χ0n) is 35.4. The number of carbonyl (C=O) groups excluding carboxylic acids is 2. The Balaban J connectivity index is 1.42. The molecular formula is C46H58N4O8. The third-order valence-corrected chi connectivity index (χ3v) is 13.2. The lowest BCUT2D eigenvalue weighted by molar-refractivity contribution is -0.206. The number of aliphatic hydroxyl groups is 1. The van der Waals surface area contributed by atoms with E-state index in [4.69, 9.17) is 33.7 Å². The lowest BCUT2D eigenvalue weighted by atomic mass is 9.44. The second-order valence-corrected chi connectivity index (χ2v) is 18.0. The summed E-state index contributed by atoms with van der Waals surface area (Å²) >= 11 is 0. The highest BCUT2D eigenvalue weighted by molar-refractivity contribution is 6.14. The van der Waals surface area contributed by atoms with Crippen molar-refractivity contribution in [3.8, 4) is 17.2 Å². The van der Waals surface area contributed by atoms with E-state index in [1.807, 2.05) is 6.20 Å². The van der Waals surface area contributed by atoms with E-state index in [0.29, 0.717) is 61.3 Å². The second-order valence-electron chi connectivity index (χ2n) is 18.0. The van der Waals surface area contributed by atoms with E-state index in [9.17, 15) is 9.90 Å². The van der Waals surface area contributed by atoms with Crippen LogP contribution in [0.15, 0.2) is 58.4 Å². The summed E-state index contributed by atoms with van der Waals surface area (Å²) < 4.78 is 36.2. The van der Waals surface area contributed by atoms with E-state index < -0.39 is 40.2 Å². The molecule has 1 spiro atoms. The van der Waals surface area contributed by atoms with Crippen molar-refractivity contribution in [2.45, 2.75) is 116 Å². The monoisotopic (exact) mass is 794 g/mol. The van der Waals surface area contributed by atoms with Crippen LogP contribution in [-0.4, -0.2) is 87.9 Å². The number of carbonyl (C=O) groups is 2. The molecule has 1 aromatic carbocycles. The van der Waals surface area contributed by atoms with Gasteiger partial charge in [0.25, 0.3) is 0 Å². The molecule has 4 fully saturated rings. The first-order valence-electron chi connectivity index (χ1n) is 20.8. The van der Waals surface area contributed by atoms with Gasteiger partial charge in [0.15, 0.2) is 17.0 Å². The molecule has 7 atom stereocenters. The first kappa shape index (κ1) is 40.3. The van der Waals surface area contributed by atoms with Crippen molar-refractivity contribution in [3.63, 3.8) is 0 Å². The quantitative estimate of drug-likeness (QED) is 0.0892. The Hall–Kier alpha value is -4.52. The van der Waals surface area contributed by atoms with Crippen LogP contribution in [0.5, 0.6) is 17.2 Å². The third-order valence-electron chi connectivity index (χ3n) is 13.2. The van der Waals surface area contributed by atoms with Crippen molar-refractivity contribution in [1.82, 2.24) is 14.9 Å². The van der Waals surface area contributed by atoms with Gasteiger partial charge in [-0.05, 0) is 93.2 Å². The zero-order chi connectivity index (χ0) is 41.4. The van der Waals surface area contributed by atoms with E-state index in [-0.39, 0.29) is 30.8 Å². The van der Waals surface area contributed by atoms with Gasteiger partial charge in [-0.25, -0.2) is 14.8 Å². The number of fused-ring (bicyclic) bond motifs is 4. The summed E-state index contributed by atoms with van der Waals surface area (Å²) in [5.41, 5.74) is 1.88. The molecule has 310 valence electrons. The molecule has 3 aliphatic carbocycles. The number of benzene rings is 1. The number of nitrogens with zero attached hydrogens (tertiary/aromatic N) is 3. The number of methoxy groups -OCH3 is 1. The van der Waals surface area contributed by atoms with Gasteiger partial charge in [0, 0.05) is 54.9 Å². The van der Waals surface area contributed by atoms with Gasteiger partial charge in [-0.3, -0.25) is 4.79 Å². The normalized spacial score (nSPS) is 30.2. The molecule has 4 aliphatic heterocycles. The molecule has 12 nitrogen and oxygen atoms in total. The van der Waals surface area contributed by atoms with Crippen molar-refractivity contribution in [1.29, 1.82) is 0 Å². The van der Waals surface area contributed by atoms with Crippen molar-refractivity contribution >= 4 is 29.5 Å². The zero-order valence-corrected chi connectivity index (χ0v) is 35.4. The highest BCUT2D eigenvalue weighted by Crippen LogP contribution is 2.73. The number of ketones is 1. The fourth-order valence-electron chi connectivity index (χ4n) is 10.7. The van der Waals surface area contributed by atoms with Crippen LogP contribution in [0.2, 0.25) is 0 Å². The standard InChI is InChI=1S/C46H58N4O8/c1-26(2)11-10-16-44(8)17-15-30-37(56-44)29(13-12-27(3)4)39-33(38(30)55-24-21-47-20-23-51)35-34-36(50-22-19-48-42(50)49-35)31-25-32-43(6,7)58-45(40(31)52,46(32,34)57-39)18-14-28(5)41(53)54-9/h11-12,14-15,17,19,22,31-32,34,36,47,51H,10,13,16,18,20-21,23-25H2,1-9H3. The number of rotatable bonds is 14. The summed E-state index contributed by atoms with van der Waals surface area (Å²) in [5, 5.41) is 12.7. The summed E-state index contributed by atoms with van der Waals surface area (Å²) in [6, 6.07) is -0.334. The lowest BCUT2D eigenvalue weighted by Gasteiger charge is -2.64. The lowest BCUT2D eigenvalue weighted by Crippen LogP contribution is -2.79. The molecule has 5 heterocycles. The molecule has 3 saturated carbocycles. The predicted octanol–water partition coefficient (Wildman–Crippen LogP) is 6.96. The third kappa shape index (κ3) is 6.03. The number of imidazole rings is 1. The van der Waals surface area contributed by atoms with Crippen molar-refractivity contribution in [2.75, 3.05) is 33.4 Å². The van der Waals surface area contributed by atoms with Gasteiger partial charge in [0.1, 0.15) is 29.5 Å². The van der Waals surface area contributed by atoms with Crippen molar-refractivity contribution in [2.24, 2.45) is 22.7 Å². The minimum Gasteiger partial charge on any atom is -0.491 e. The maximum atomic E-state index is 15.4. The van der Waals surface area contributed by atoms with E-state index in [1.165, 1.54) is 12.7 Å². The number of aliphatic imine (C=N–C) groups is 1. The molecule has 58 heavy (non-hydrogen) atoms. The molecule has 4 bridgehead atoms. The van der Waals surface area contributed by atoms with Crippen LogP contribution in [0.1, 0.15) is 104 Å². The van der Waals surface area contributed by atoms with Gasteiger partial charge in [-0.1, -0.05) is 29.4 Å². The largest absolute Gasteiger partial charge is 0.491 e. The number of esters is 1. The molecule has 1 saturated heterocycles. The van der Waals surface area contributed by atoms with Gasteiger partial charge in [-0.2, -0.15) is 0 Å². The van der Waals surface area contributed by atoms with Crippen LogP contribution in [0.4, 0.5) is 5.95 Å². The number of aliphatic hydroxyl groups excluding tert-OH is 1. The molecule has 2 aromatic rings. The fourth-order valence-corrected chi connectivity index (χ4v) is 10.7. The number of allylic oxidation sites excluding steroid dienone is 4. The average molecular weight is 795 g/mol. The van der Waals surface area contributed by atoms with Gasteiger partial charge in [0.2, 0.25) is 5.95 Å². The second kappa shape index (κ2) is 14.6. The molecule has 7 aliphatic rings. The van der Waals surface area contributed by atoms with E-state index in [2.05, 4.69) is 82.7 Å². The Morgan fingerprint density at radius 1 is 1.07 bits per heavy atom. The van der Waals surface area contributed by atoms with Crippen LogP contribution in [0.25, 0.3) is 6.08 Å². The van der Waals surface area contributed by atoms with Crippen LogP contribution >= 0.6 is 0 Å². The molecular weight excluding hydrogens is 737 g/mol. The van der Waals surface area contributed by atoms with Crippen LogP contribution in [-0.2, 0) is 25.5 Å². The maximum Gasteiger partial charge on any atom is 0.333 e. The number of aromatic nitrogens is 2. The van der Waals surface area contributed by atoms with Crippen molar-refractivity contribution in [3.05, 3.63) is 70.1 Å². The highest BCUT2D eigenvalue weighted by Gasteiger charge is 2.85. The minimum atomic E-state index is -1.45. The summed E-state index contributed by atoms with van der Waals surface area (Å²) in [4.78, 5) is 38.3. The van der Waals surface area contributed by atoms with Crippen LogP contribution in [0, 0.1) is 17.8 Å². The number of nitrogens with one attached hydrogen (secondary N) is 1. The summed E-state index contributed by atoms with van der Waals surface area (Å²) in [6.45, 7) is 17.6. The Morgan fingerprint density at radius 3 is 2.57 bits per heavy atom. The summed E-state index contributed by atoms with van der Waals surface area (Å²) in [5.74, 6) is 0.822. The Labute approximate surface area is 341 Å². The maximum absolute atomic E-state index is 15.4. The van der Waals surface area contributed by atoms with Gasteiger partial charge in [0.05, 0.1) is 48.1 Å². The smallest absolute Gasteiger partial charge is 0.333 e. The molecule has 9 rings (SSSR count). The van der Waals surface area contributed by atoms with Crippen LogP contribution in [0.3, 0.4) is 0 Å².